The van der Waals surface area contributed by atoms with Gasteiger partial charge in [-0.1, -0.05) is 20.8 Å². The Morgan fingerprint density at radius 2 is 2.02 bits per heavy atom. The lowest BCUT2D eigenvalue weighted by Crippen LogP contribution is -2.49. The molecule has 41 heavy (non-hydrogen) atoms. The monoisotopic (exact) mass is 589 g/mol. The summed E-state index contributed by atoms with van der Waals surface area (Å²) in [7, 11) is -1.55. The largest absolute Gasteiger partial charge is 0.367 e. The lowest BCUT2D eigenvalue weighted by molar-refractivity contribution is -0.196. The Kier molecular flexibility index (Phi) is 8.29. The van der Waals surface area contributed by atoms with E-state index in [2.05, 4.69) is 65.6 Å². The molecule has 2 unspecified atom stereocenters. The predicted molar refractivity (Wildman–Crippen MR) is 152 cm³/mol. The number of carbonyl (C=O) groups is 1. The van der Waals surface area contributed by atoms with Gasteiger partial charge in [0.15, 0.2) is 17.4 Å². The van der Waals surface area contributed by atoms with Gasteiger partial charge in [0, 0.05) is 23.4 Å². The zero-order chi connectivity index (χ0) is 29.7. The minimum Gasteiger partial charge on any atom is -0.367 e. The number of rotatable bonds is 12. The van der Waals surface area contributed by atoms with Crippen molar-refractivity contribution < 1.29 is 23.3 Å². The van der Waals surface area contributed by atoms with Crippen LogP contribution in [0.2, 0.25) is 0 Å². The van der Waals surface area contributed by atoms with E-state index in [1.807, 2.05) is 0 Å². The minimum absolute atomic E-state index is 0.0441. The van der Waals surface area contributed by atoms with Crippen LogP contribution in [0.4, 0.5) is 5.95 Å². The van der Waals surface area contributed by atoms with Crippen molar-refractivity contribution in [2.75, 3.05) is 18.5 Å². The highest BCUT2D eigenvalue weighted by atomic mass is 31.2. The Bertz CT molecular complexity index is 1370. The molecule has 2 N–H and O–H groups in total. The van der Waals surface area contributed by atoms with E-state index < -0.39 is 38.1 Å². The number of hydrogen-bond acceptors (Lipinski definition) is 10. The van der Waals surface area contributed by atoms with E-state index in [0.29, 0.717) is 6.61 Å². The van der Waals surface area contributed by atoms with Crippen LogP contribution in [0.15, 0.2) is 11.1 Å². The van der Waals surface area contributed by atoms with Crippen molar-refractivity contribution in [1.29, 1.82) is 5.26 Å². The molecule has 0 aromatic carbocycles. The number of nitriles is 1. The van der Waals surface area contributed by atoms with E-state index >= 15 is 0 Å². The molecular formula is C27H40N7O6P. The van der Waals surface area contributed by atoms with Gasteiger partial charge < -0.3 is 18.5 Å². The van der Waals surface area contributed by atoms with Crippen LogP contribution in [-0.2, 0) is 23.3 Å². The van der Waals surface area contributed by atoms with E-state index in [1.54, 1.807) is 18.4 Å². The Morgan fingerprint density at radius 1 is 1.32 bits per heavy atom. The Labute approximate surface area is 240 Å². The van der Waals surface area contributed by atoms with Crippen LogP contribution in [0.3, 0.4) is 0 Å². The second kappa shape index (κ2) is 11.3. The van der Waals surface area contributed by atoms with Crippen molar-refractivity contribution in [2.45, 2.75) is 104 Å². The molecule has 4 heterocycles. The first-order chi connectivity index (χ1) is 19.4. The van der Waals surface area contributed by atoms with Crippen LogP contribution in [0.25, 0.3) is 11.2 Å². The summed E-state index contributed by atoms with van der Waals surface area (Å²) in [4.78, 5) is 36.6. The molecule has 1 aliphatic carbocycles. The summed E-state index contributed by atoms with van der Waals surface area (Å²) in [6.07, 6.45) is 2.07. The molecule has 2 aromatic heterocycles. The second-order valence-corrected chi connectivity index (χ2v) is 13.6. The molecular weight excluding hydrogens is 549 g/mol. The highest BCUT2D eigenvalue weighted by Gasteiger charge is 2.73. The fourth-order valence-electron chi connectivity index (χ4n) is 5.73. The van der Waals surface area contributed by atoms with E-state index in [0.717, 1.165) is 12.8 Å². The van der Waals surface area contributed by atoms with E-state index in [4.69, 9.17) is 23.8 Å². The summed E-state index contributed by atoms with van der Waals surface area (Å²) in [6, 6.07) is 2.42. The van der Waals surface area contributed by atoms with Gasteiger partial charge in [0.05, 0.1) is 32.0 Å². The van der Waals surface area contributed by atoms with Gasteiger partial charge in [-0.15, -0.1) is 0 Å². The fourth-order valence-corrected chi connectivity index (χ4v) is 7.51. The first-order valence-electron chi connectivity index (χ1n) is 14.2. The molecule has 13 nitrogen and oxygen atoms in total. The molecule has 2 saturated heterocycles. The van der Waals surface area contributed by atoms with Crippen molar-refractivity contribution in [3.05, 3.63) is 16.7 Å². The topological polar surface area (TPSA) is 157 Å². The second-order valence-electron chi connectivity index (χ2n) is 12.2. The van der Waals surface area contributed by atoms with Crippen LogP contribution in [-0.4, -0.2) is 73.2 Å². The summed E-state index contributed by atoms with van der Waals surface area (Å²) in [5.74, 6) is -0.513. The molecule has 0 radical (unpaired) electrons. The molecule has 5 rings (SSSR count). The SMILES string of the molecule is CC(C)C(=O)Nc1nc2c(ncn2[C@@H]2O[C@@]3(C4(C)CC4)COC2[C@H]3OP(OCCC#N)N(C(C)C)C(C)C)c(=O)[nH]1. The van der Waals surface area contributed by atoms with Crippen molar-refractivity contribution >= 4 is 31.5 Å². The van der Waals surface area contributed by atoms with Crippen molar-refractivity contribution in [2.24, 2.45) is 11.3 Å². The third-order valence-corrected chi connectivity index (χ3v) is 10.3. The maximum Gasteiger partial charge on any atom is 0.280 e. The van der Waals surface area contributed by atoms with Crippen LogP contribution in [0.5, 0.6) is 0 Å². The summed E-state index contributed by atoms with van der Waals surface area (Å²) >= 11 is 0. The molecule has 2 bridgehead atoms. The number of H-pyrrole nitrogens is 1. The van der Waals surface area contributed by atoms with Gasteiger partial charge in [0.2, 0.25) is 11.9 Å². The number of carbonyl (C=O) groups excluding carboxylic acids is 1. The van der Waals surface area contributed by atoms with Crippen molar-refractivity contribution in [3.63, 3.8) is 0 Å². The molecule has 1 saturated carbocycles. The summed E-state index contributed by atoms with van der Waals surface area (Å²) in [5, 5.41) is 11.8. The van der Waals surface area contributed by atoms with Gasteiger partial charge in [-0.05, 0) is 40.5 Å². The summed E-state index contributed by atoms with van der Waals surface area (Å²) in [6.45, 7) is 14.7. The Morgan fingerprint density at radius 3 is 2.63 bits per heavy atom. The third-order valence-electron chi connectivity index (χ3n) is 8.22. The standard InChI is InChI=1S/C27H40N7O6P/c1-15(2)22(35)31-25-30-21-18(23(36)32-25)29-14-33(21)24-19-20(27(39-24,13-37-19)26(7)9-10-26)40-41(38-12-8-11-28)34(16(3)4)17(5)6/h14-17,19-20,24H,8-10,12-13H2,1-7H3,(H2,30,31,32,35,36)/t19?,20-,24-,27+,41?/m1/s1. The van der Waals surface area contributed by atoms with E-state index in [9.17, 15) is 9.59 Å². The summed E-state index contributed by atoms with van der Waals surface area (Å²) in [5.41, 5.74) is -0.952. The molecule has 3 aliphatic rings. The highest BCUT2D eigenvalue weighted by molar-refractivity contribution is 7.44. The molecule has 3 fully saturated rings. The molecule has 2 aliphatic heterocycles. The first-order valence-corrected chi connectivity index (χ1v) is 15.4. The number of anilines is 1. The molecule has 2 aromatic rings. The maximum atomic E-state index is 12.8. The fraction of sp³-hybridized carbons (Fsp3) is 0.741. The number of imidazole rings is 1. The molecule has 5 atom stereocenters. The van der Waals surface area contributed by atoms with Crippen LogP contribution in [0, 0.1) is 22.7 Å². The maximum absolute atomic E-state index is 12.8. The quantitative estimate of drug-likeness (QED) is 0.275. The third kappa shape index (κ3) is 5.31. The average Bonchev–Trinajstić information content (AvgIpc) is 3.24. The zero-order valence-corrected chi connectivity index (χ0v) is 25.6. The average molecular weight is 590 g/mol. The lowest BCUT2D eigenvalue weighted by Gasteiger charge is -2.40. The van der Waals surface area contributed by atoms with Crippen molar-refractivity contribution in [3.8, 4) is 6.07 Å². The van der Waals surface area contributed by atoms with Crippen LogP contribution in [0.1, 0.15) is 74.0 Å². The van der Waals surface area contributed by atoms with Gasteiger partial charge in [-0.2, -0.15) is 10.2 Å². The number of aromatic nitrogens is 4. The molecule has 14 heteroatoms. The molecule has 1 amide bonds. The number of nitrogens with one attached hydrogen (secondary N) is 2. The molecule has 224 valence electrons. The number of fused-ring (bicyclic) bond motifs is 3. The van der Waals surface area contributed by atoms with Crippen molar-refractivity contribution in [1.82, 2.24) is 24.2 Å². The van der Waals surface area contributed by atoms with Gasteiger partial charge in [0.25, 0.3) is 14.1 Å². The van der Waals surface area contributed by atoms with E-state index in [-0.39, 0.29) is 59.5 Å². The Balaban J connectivity index is 1.51. The number of amides is 1. The van der Waals surface area contributed by atoms with Gasteiger partial charge in [-0.25, -0.2) is 9.65 Å². The minimum atomic E-state index is -1.55. The zero-order valence-electron chi connectivity index (χ0n) is 24.7. The first kappa shape index (κ1) is 30.0. The van der Waals surface area contributed by atoms with Gasteiger partial charge >= 0.3 is 0 Å². The summed E-state index contributed by atoms with van der Waals surface area (Å²) < 4.78 is 30.3. The number of hydrogen-bond donors (Lipinski definition) is 2. The normalized spacial score (nSPS) is 27.3. The number of nitrogens with zero attached hydrogens (tertiary/aromatic N) is 5. The number of aromatic amines is 1. The lowest BCUT2D eigenvalue weighted by atomic mass is 9.83. The van der Waals surface area contributed by atoms with E-state index in [1.165, 1.54) is 6.33 Å². The van der Waals surface area contributed by atoms with Crippen LogP contribution >= 0.6 is 8.53 Å². The molecule has 0 spiro atoms. The van der Waals surface area contributed by atoms with Gasteiger partial charge in [0.1, 0.15) is 17.8 Å². The Hall–Kier alpha value is -2.46. The number of ether oxygens (including phenoxy) is 2. The predicted octanol–water partition coefficient (Wildman–Crippen LogP) is 3.84. The van der Waals surface area contributed by atoms with Gasteiger partial charge in [-0.3, -0.25) is 24.5 Å². The highest BCUT2D eigenvalue weighted by Crippen LogP contribution is 2.66. The van der Waals surface area contributed by atoms with Crippen LogP contribution < -0.4 is 10.9 Å². The smallest absolute Gasteiger partial charge is 0.280 e.